The van der Waals surface area contributed by atoms with Gasteiger partial charge in [-0.05, 0) is 0 Å². The van der Waals surface area contributed by atoms with Crippen molar-refractivity contribution in [3.63, 3.8) is 0 Å². The number of nitrogens with two attached hydrogens (primary N) is 1. The molecule has 0 fully saturated rings. The van der Waals surface area contributed by atoms with Crippen LogP contribution in [0.1, 0.15) is 22.3 Å². The number of anilines is 1. The van der Waals surface area contributed by atoms with Crippen LogP contribution in [0.3, 0.4) is 0 Å². The molecule has 0 unspecified atom stereocenters. The standard InChI is InChI=1S/C7H5F3N2O/c8-5-3(6(9)10)1-12-7(11)4(5)2-13/h1-2,6H,(H2,11,12). The molecule has 0 aliphatic heterocycles. The average molecular weight is 190 g/mol. The third-order valence-electron chi connectivity index (χ3n) is 1.46. The van der Waals surface area contributed by atoms with Crippen LogP contribution in [0.25, 0.3) is 0 Å². The first kappa shape index (κ1) is 9.50. The van der Waals surface area contributed by atoms with Crippen molar-refractivity contribution in [2.24, 2.45) is 0 Å². The Morgan fingerprint density at radius 3 is 2.62 bits per heavy atom. The Bertz CT molecular complexity index is 341. The van der Waals surface area contributed by atoms with E-state index in [1.165, 1.54) is 0 Å². The summed E-state index contributed by atoms with van der Waals surface area (Å²) in [5, 5.41) is 0. The number of nitrogen functional groups attached to an aromatic ring is 1. The summed E-state index contributed by atoms with van der Waals surface area (Å²) in [6, 6.07) is 0. The molecule has 0 saturated heterocycles. The lowest BCUT2D eigenvalue weighted by molar-refractivity contribution is 0.111. The van der Waals surface area contributed by atoms with E-state index >= 15 is 0 Å². The minimum Gasteiger partial charge on any atom is -0.383 e. The van der Waals surface area contributed by atoms with E-state index in [0.29, 0.717) is 6.20 Å². The second kappa shape index (κ2) is 3.42. The van der Waals surface area contributed by atoms with E-state index in [1.807, 2.05) is 0 Å². The maximum absolute atomic E-state index is 13.0. The maximum atomic E-state index is 13.0. The van der Waals surface area contributed by atoms with Crippen LogP contribution < -0.4 is 5.73 Å². The van der Waals surface area contributed by atoms with Crippen LogP contribution in [0.2, 0.25) is 0 Å². The van der Waals surface area contributed by atoms with Crippen LogP contribution in [-0.2, 0) is 0 Å². The summed E-state index contributed by atoms with van der Waals surface area (Å²) >= 11 is 0. The van der Waals surface area contributed by atoms with E-state index in [4.69, 9.17) is 5.73 Å². The van der Waals surface area contributed by atoms with Crippen molar-refractivity contribution in [2.75, 3.05) is 5.73 Å². The minimum atomic E-state index is -3.01. The van der Waals surface area contributed by atoms with Gasteiger partial charge >= 0.3 is 0 Å². The molecule has 13 heavy (non-hydrogen) atoms. The van der Waals surface area contributed by atoms with Gasteiger partial charge in [0.05, 0.1) is 11.1 Å². The van der Waals surface area contributed by atoms with Crippen LogP contribution in [-0.4, -0.2) is 11.3 Å². The highest BCUT2D eigenvalue weighted by Gasteiger charge is 2.18. The average Bonchev–Trinajstić information content (AvgIpc) is 2.04. The van der Waals surface area contributed by atoms with E-state index in [-0.39, 0.29) is 6.29 Å². The quantitative estimate of drug-likeness (QED) is 0.720. The Morgan fingerprint density at radius 2 is 2.15 bits per heavy atom. The fraction of sp³-hybridized carbons (Fsp3) is 0.143. The van der Waals surface area contributed by atoms with Crippen LogP contribution in [0.4, 0.5) is 19.0 Å². The second-order valence-corrected chi connectivity index (χ2v) is 2.24. The maximum Gasteiger partial charge on any atom is 0.268 e. The summed E-state index contributed by atoms with van der Waals surface area (Å²) < 4.78 is 37.0. The molecule has 0 atom stereocenters. The molecule has 0 aliphatic carbocycles. The van der Waals surface area contributed by atoms with Gasteiger partial charge in [0.1, 0.15) is 11.6 Å². The highest BCUT2D eigenvalue weighted by atomic mass is 19.3. The molecular formula is C7H5F3N2O. The monoisotopic (exact) mass is 190 g/mol. The molecule has 3 nitrogen and oxygen atoms in total. The van der Waals surface area contributed by atoms with Crippen molar-refractivity contribution in [3.8, 4) is 0 Å². The molecule has 1 rings (SSSR count). The lowest BCUT2D eigenvalue weighted by atomic mass is 10.2. The zero-order chi connectivity index (χ0) is 10.0. The highest BCUT2D eigenvalue weighted by molar-refractivity contribution is 5.82. The molecular weight excluding hydrogens is 185 g/mol. The molecule has 0 saturated carbocycles. The number of carbonyl (C=O) groups is 1. The van der Waals surface area contributed by atoms with E-state index in [2.05, 4.69) is 4.98 Å². The number of pyridine rings is 1. The lowest BCUT2D eigenvalue weighted by Gasteiger charge is -2.04. The number of rotatable bonds is 2. The van der Waals surface area contributed by atoms with Gasteiger partial charge in [-0.1, -0.05) is 0 Å². The molecule has 6 heteroatoms. The normalized spacial score (nSPS) is 10.5. The van der Waals surface area contributed by atoms with Crippen molar-refractivity contribution in [1.29, 1.82) is 0 Å². The zero-order valence-electron chi connectivity index (χ0n) is 6.30. The Kier molecular flexibility index (Phi) is 2.50. The molecule has 2 N–H and O–H groups in total. The minimum absolute atomic E-state index is 0.0591. The highest BCUT2D eigenvalue weighted by Crippen LogP contribution is 2.24. The molecule has 1 aromatic heterocycles. The van der Waals surface area contributed by atoms with Crippen molar-refractivity contribution in [2.45, 2.75) is 6.43 Å². The van der Waals surface area contributed by atoms with Crippen molar-refractivity contribution >= 4 is 12.1 Å². The first-order chi connectivity index (χ1) is 6.07. The summed E-state index contributed by atoms with van der Waals surface area (Å²) in [4.78, 5) is 13.5. The Morgan fingerprint density at radius 1 is 1.54 bits per heavy atom. The molecule has 0 aromatic carbocycles. The molecule has 1 aromatic rings. The van der Waals surface area contributed by atoms with Crippen molar-refractivity contribution in [1.82, 2.24) is 4.98 Å². The van der Waals surface area contributed by atoms with Gasteiger partial charge < -0.3 is 5.73 Å². The number of hydrogen-bond donors (Lipinski definition) is 1. The Balaban J connectivity index is 3.35. The Hall–Kier alpha value is -1.59. The van der Waals surface area contributed by atoms with Crippen LogP contribution >= 0.6 is 0 Å². The number of hydrogen-bond acceptors (Lipinski definition) is 3. The largest absolute Gasteiger partial charge is 0.383 e. The van der Waals surface area contributed by atoms with Gasteiger partial charge in [0.25, 0.3) is 6.43 Å². The van der Waals surface area contributed by atoms with Crippen LogP contribution in [0, 0.1) is 5.82 Å². The molecule has 0 aliphatic rings. The summed E-state index contributed by atoms with van der Waals surface area (Å²) in [6.07, 6.45) is -2.34. The predicted octanol–water partition coefficient (Wildman–Crippen LogP) is 1.55. The SMILES string of the molecule is Nc1ncc(C(F)F)c(F)c1C=O. The first-order valence-corrected chi connectivity index (χ1v) is 3.25. The van der Waals surface area contributed by atoms with Gasteiger partial charge in [-0.2, -0.15) is 0 Å². The summed E-state index contributed by atoms with van der Waals surface area (Å²) in [5.74, 6) is -1.70. The summed E-state index contributed by atoms with van der Waals surface area (Å²) in [6.45, 7) is 0. The number of alkyl halides is 2. The molecule has 0 radical (unpaired) electrons. The number of nitrogens with zero attached hydrogens (tertiary/aromatic N) is 1. The molecule has 1 heterocycles. The number of halogens is 3. The van der Waals surface area contributed by atoms with Gasteiger partial charge in [0.2, 0.25) is 0 Å². The fourth-order valence-corrected chi connectivity index (χ4v) is 0.797. The van der Waals surface area contributed by atoms with Gasteiger partial charge in [-0.3, -0.25) is 4.79 Å². The van der Waals surface area contributed by atoms with E-state index < -0.39 is 29.2 Å². The molecule has 70 valence electrons. The topological polar surface area (TPSA) is 56.0 Å². The summed E-state index contributed by atoms with van der Waals surface area (Å²) in [7, 11) is 0. The van der Waals surface area contributed by atoms with E-state index in [1.54, 1.807) is 0 Å². The van der Waals surface area contributed by atoms with Crippen LogP contribution in [0.5, 0.6) is 0 Å². The first-order valence-electron chi connectivity index (χ1n) is 3.25. The summed E-state index contributed by atoms with van der Waals surface area (Å²) in [5.41, 5.74) is 3.53. The number of aldehydes is 1. The number of carbonyl (C=O) groups excluding carboxylic acids is 1. The zero-order valence-corrected chi connectivity index (χ0v) is 6.30. The van der Waals surface area contributed by atoms with Gasteiger partial charge in [-0.25, -0.2) is 18.2 Å². The third kappa shape index (κ3) is 1.61. The smallest absolute Gasteiger partial charge is 0.268 e. The predicted molar refractivity (Wildman–Crippen MR) is 39.0 cm³/mol. The third-order valence-corrected chi connectivity index (χ3v) is 1.46. The van der Waals surface area contributed by atoms with Gasteiger partial charge in [-0.15, -0.1) is 0 Å². The molecule has 0 bridgehead atoms. The van der Waals surface area contributed by atoms with E-state index in [9.17, 15) is 18.0 Å². The van der Waals surface area contributed by atoms with Crippen molar-refractivity contribution in [3.05, 3.63) is 23.1 Å². The lowest BCUT2D eigenvalue weighted by Crippen LogP contribution is -2.04. The number of aromatic nitrogens is 1. The fourth-order valence-electron chi connectivity index (χ4n) is 0.797. The van der Waals surface area contributed by atoms with Gasteiger partial charge in [0, 0.05) is 6.20 Å². The molecule has 0 spiro atoms. The van der Waals surface area contributed by atoms with Crippen LogP contribution in [0.15, 0.2) is 6.20 Å². The Labute approximate surface area is 71.4 Å². The molecule has 0 amide bonds. The van der Waals surface area contributed by atoms with Gasteiger partial charge in [0.15, 0.2) is 6.29 Å². The second-order valence-electron chi connectivity index (χ2n) is 2.24. The van der Waals surface area contributed by atoms with Crippen molar-refractivity contribution < 1.29 is 18.0 Å². The van der Waals surface area contributed by atoms with E-state index in [0.717, 1.165) is 0 Å².